The first-order valence-corrected chi connectivity index (χ1v) is 6.49. The van der Waals surface area contributed by atoms with Crippen molar-refractivity contribution in [3.8, 4) is 0 Å². The lowest BCUT2D eigenvalue weighted by atomic mass is 9.98. The first kappa shape index (κ1) is 12.6. The minimum Gasteiger partial charge on any atom is -0.387 e. The molecule has 1 aliphatic rings. The van der Waals surface area contributed by atoms with Crippen LogP contribution >= 0.6 is 0 Å². The van der Waals surface area contributed by atoms with Gasteiger partial charge in [-0.1, -0.05) is 24.3 Å². The van der Waals surface area contributed by atoms with Crippen molar-refractivity contribution < 1.29 is 5.11 Å². The smallest absolute Gasteiger partial charge is 0.0917 e. The van der Waals surface area contributed by atoms with Crippen LogP contribution in [0.4, 0.5) is 0 Å². The first-order valence-electron chi connectivity index (χ1n) is 6.49. The van der Waals surface area contributed by atoms with E-state index in [0.29, 0.717) is 12.5 Å². The summed E-state index contributed by atoms with van der Waals surface area (Å²) in [6, 6.07) is 8.30. The predicted octanol–water partition coefficient (Wildman–Crippen LogP) is 2.99. The lowest BCUT2D eigenvalue weighted by molar-refractivity contribution is 0.162. The van der Waals surface area contributed by atoms with Gasteiger partial charge in [-0.25, -0.2) is 0 Å². The van der Waals surface area contributed by atoms with Crippen molar-refractivity contribution in [3.05, 3.63) is 35.4 Å². The fraction of sp³-hybridized carbons (Fsp3) is 0.600. The third-order valence-corrected chi connectivity index (χ3v) is 3.20. The van der Waals surface area contributed by atoms with E-state index in [1.165, 1.54) is 18.4 Å². The Morgan fingerprint density at radius 1 is 1.29 bits per heavy atom. The van der Waals surface area contributed by atoms with Gasteiger partial charge < -0.3 is 10.4 Å². The number of aliphatic hydroxyl groups is 1. The molecule has 0 saturated heterocycles. The molecule has 17 heavy (non-hydrogen) atoms. The number of hydrogen-bond acceptors (Lipinski definition) is 2. The van der Waals surface area contributed by atoms with Crippen LogP contribution in [0.25, 0.3) is 0 Å². The van der Waals surface area contributed by atoms with Crippen molar-refractivity contribution in [3.63, 3.8) is 0 Å². The highest BCUT2D eigenvalue weighted by molar-refractivity contribution is 5.34. The Morgan fingerprint density at radius 2 is 1.94 bits per heavy atom. The summed E-state index contributed by atoms with van der Waals surface area (Å²) in [5.74, 6) is 0.690. The molecule has 2 heteroatoms. The van der Waals surface area contributed by atoms with Gasteiger partial charge in [-0.15, -0.1) is 0 Å². The van der Waals surface area contributed by atoms with Gasteiger partial charge in [-0.3, -0.25) is 0 Å². The third-order valence-electron chi connectivity index (χ3n) is 3.20. The molecule has 2 nitrogen and oxygen atoms in total. The van der Waals surface area contributed by atoms with Crippen LogP contribution in [0, 0.1) is 0 Å². The summed E-state index contributed by atoms with van der Waals surface area (Å²) >= 11 is 0. The molecule has 1 atom stereocenters. The summed E-state index contributed by atoms with van der Waals surface area (Å²) < 4.78 is 0. The maximum Gasteiger partial charge on any atom is 0.0917 e. The largest absolute Gasteiger partial charge is 0.387 e. The van der Waals surface area contributed by atoms with Crippen molar-refractivity contribution >= 4 is 0 Å². The number of rotatable bonds is 4. The highest BCUT2D eigenvalue weighted by Gasteiger charge is 2.27. The fourth-order valence-corrected chi connectivity index (χ4v) is 2.09. The zero-order valence-electron chi connectivity index (χ0n) is 11.0. The van der Waals surface area contributed by atoms with Gasteiger partial charge in [0, 0.05) is 12.1 Å². The molecular weight excluding hydrogens is 210 g/mol. The van der Waals surface area contributed by atoms with Gasteiger partial charge in [0.25, 0.3) is 0 Å². The molecule has 0 bridgehead atoms. The molecule has 1 aromatic rings. The van der Waals surface area contributed by atoms with Gasteiger partial charge in [0.2, 0.25) is 0 Å². The minimum absolute atomic E-state index is 0.0511. The van der Waals surface area contributed by atoms with Gasteiger partial charge in [-0.05, 0) is 50.7 Å². The second-order valence-electron chi connectivity index (χ2n) is 6.05. The Balaban J connectivity index is 2.05. The van der Waals surface area contributed by atoms with E-state index in [0.717, 1.165) is 5.56 Å². The second kappa shape index (κ2) is 4.79. The molecule has 0 radical (unpaired) electrons. The van der Waals surface area contributed by atoms with Crippen molar-refractivity contribution in [1.29, 1.82) is 0 Å². The fourth-order valence-electron chi connectivity index (χ4n) is 2.09. The standard InChI is InChI=1S/C15H23NO/c1-15(2,3)16-10-14(17)13-7-5-4-6-12(13)11-8-9-11/h4-7,11,14,16-17H,8-10H2,1-3H3. The number of hydrogen-bond donors (Lipinski definition) is 2. The molecule has 0 aromatic heterocycles. The zero-order valence-corrected chi connectivity index (χ0v) is 11.0. The topological polar surface area (TPSA) is 32.3 Å². The quantitative estimate of drug-likeness (QED) is 0.838. The number of nitrogens with one attached hydrogen (secondary N) is 1. The molecule has 1 aromatic carbocycles. The Hall–Kier alpha value is -0.860. The lowest BCUT2D eigenvalue weighted by Crippen LogP contribution is -2.38. The van der Waals surface area contributed by atoms with E-state index in [1.54, 1.807) is 0 Å². The van der Waals surface area contributed by atoms with Crippen LogP contribution in [0.2, 0.25) is 0 Å². The van der Waals surface area contributed by atoms with Crippen molar-refractivity contribution in [1.82, 2.24) is 5.32 Å². The van der Waals surface area contributed by atoms with Crippen molar-refractivity contribution in [2.24, 2.45) is 0 Å². The van der Waals surface area contributed by atoms with E-state index >= 15 is 0 Å². The summed E-state index contributed by atoms with van der Waals surface area (Å²) in [5, 5.41) is 13.6. The van der Waals surface area contributed by atoms with E-state index in [-0.39, 0.29) is 5.54 Å². The van der Waals surface area contributed by atoms with Crippen LogP contribution in [0.3, 0.4) is 0 Å². The van der Waals surface area contributed by atoms with Gasteiger partial charge in [-0.2, -0.15) is 0 Å². The maximum atomic E-state index is 10.3. The van der Waals surface area contributed by atoms with Crippen LogP contribution < -0.4 is 5.32 Å². The minimum atomic E-state index is -0.397. The summed E-state index contributed by atoms with van der Waals surface area (Å²) in [6.45, 7) is 6.97. The Labute approximate surface area is 104 Å². The highest BCUT2D eigenvalue weighted by Crippen LogP contribution is 2.42. The molecule has 2 rings (SSSR count). The van der Waals surface area contributed by atoms with Gasteiger partial charge in [0.15, 0.2) is 0 Å². The van der Waals surface area contributed by atoms with Gasteiger partial charge >= 0.3 is 0 Å². The summed E-state index contributed by atoms with van der Waals surface area (Å²) in [7, 11) is 0. The summed E-state index contributed by atoms with van der Waals surface area (Å²) in [4.78, 5) is 0. The first-order chi connectivity index (χ1) is 7.97. The number of aliphatic hydroxyl groups excluding tert-OH is 1. The van der Waals surface area contributed by atoms with Crippen LogP contribution in [0.15, 0.2) is 24.3 Å². The second-order valence-corrected chi connectivity index (χ2v) is 6.05. The van der Waals surface area contributed by atoms with Gasteiger partial charge in [0.05, 0.1) is 6.10 Å². The summed E-state index contributed by atoms with van der Waals surface area (Å²) in [6.07, 6.45) is 2.15. The lowest BCUT2D eigenvalue weighted by Gasteiger charge is -2.24. The zero-order chi connectivity index (χ0) is 12.5. The molecule has 0 aliphatic heterocycles. The van der Waals surface area contributed by atoms with E-state index in [2.05, 4.69) is 44.3 Å². The molecule has 0 spiro atoms. The van der Waals surface area contributed by atoms with E-state index in [1.807, 2.05) is 6.07 Å². The monoisotopic (exact) mass is 233 g/mol. The predicted molar refractivity (Wildman–Crippen MR) is 71.1 cm³/mol. The highest BCUT2D eigenvalue weighted by atomic mass is 16.3. The molecule has 1 fully saturated rings. The molecule has 1 aliphatic carbocycles. The molecule has 94 valence electrons. The van der Waals surface area contributed by atoms with E-state index in [9.17, 15) is 5.11 Å². The average molecular weight is 233 g/mol. The SMILES string of the molecule is CC(C)(C)NCC(O)c1ccccc1C1CC1. The molecule has 2 N–H and O–H groups in total. The number of benzene rings is 1. The third kappa shape index (κ3) is 3.55. The van der Waals surface area contributed by atoms with Crippen LogP contribution in [0.1, 0.15) is 56.8 Å². The van der Waals surface area contributed by atoms with Gasteiger partial charge in [0.1, 0.15) is 0 Å². The normalized spacial score (nSPS) is 18.1. The molecule has 1 unspecified atom stereocenters. The number of β-amino-alcohol motifs (C(OH)–C–C–N with tert-alkyl or cyclic N) is 1. The van der Waals surface area contributed by atoms with Crippen molar-refractivity contribution in [2.45, 2.75) is 51.2 Å². The average Bonchev–Trinajstić information content (AvgIpc) is 3.09. The molecule has 0 amide bonds. The summed E-state index contributed by atoms with van der Waals surface area (Å²) in [5.41, 5.74) is 2.50. The maximum absolute atomic E-state index is 10.3. The Morgan fingerprint density at radius 3 is 2.53 bits per heavy atom. The Bertz CT molecular complexity index is 377. The van der Waals surface area contributed by atoms with E-state index in [4.69, 9.17) is 0 Å². The van der Waals surface area contributed by atoms with Crippen LogP contribution in [0.5, 0.6) is 0 Å². The van der Waals surface area contributed by atoms with Crippen LogP contribution in [-0.4, -0.2) is 17.2 Å². The van der Waals surface area contributed by atoms with Crippen molar-refractivity contribution in [2.75, 3.05) is 6.54 Å². The Kier molecular flexibility index (Phi) is 3.55. The molecule has 0 heterocycles. The molecule has 1 saturated carbocycles. The van der Waals surface area contributed by atoms with E-state index < -0.39 is 6.10 Å². The van der Waals surface area contributed by atoms with Crippen LogP contribution in [-0.2, 0) is 0 Å². The molecular formula is C15H23NO.